The van der Waals surface area contributed by atoms with E-state index in [1.54, 1.807) is 0 Å². The predicted octanol–water partition coefficient (Wildman–Crippen LogP) is 1.43. The second kappa shape index (κ2) is 5.01. The zero-order chi connectivity index (χ0) is 10.4. The molecule has 1 rings (SSSR count). The lowest BCUT2D eigenvalue weighted by Gasteiger charge is -1.97. The molecule has 0 unspecified atom stereocenters. The van der Waals surface area contributed by atoms with Crippen LogP contribution in [0.5, 0.6) is 0 Å². The van der Waals surface area contributed by atoms with Crippen LogP contribution in [0.1, 0.15) is 11.1 Å². The number of oxime groups is 1. The SMILES string of the molecule is Cc1ccccc1/C=N/OCC(=O)O. The fourth-order valence-electron chi connectivity index (χ4n) is 0.918. The van der Waals surface area contributed by atoms with E-state index in [0.717, 1.165) is 11.1 Å². The Hall–Kier alpha value is -1.84. The van der Waals surface area contributed by atoms with Crippen molar-refractivity contribution in [3.05, 3.63) is 35.4 Å². The van der Waals surface area contributed by atoms with Crippen LogP contribution >= 0.6 is 0 Å². The number of carbonyl (C=O) groups is 1. The summed E-state index contributed by atoms with van der Waals surface area (Å²) in [5.41, 5.74) is 1.98. The van der Waals surface area contributed by atoms with Gasteiger partial charge in [-0.2, -0.15) is 0 Å². The summed E-state index contributed by atoms with van der Waals surface area (Å²) in [6.07, 6.45) is 1.50. The van der Waals surface area contributed by atoms with Crippen LogP contribution in [0.3, 0.4) is 0 Å². The summed E-state index contributed by atoms with van der Waals surface area (Å²) in [5.74, 6) is -1.04. The molecule has 4 heteroatoms. The van der Waals surface area contributed by atoms with E-state index in [-0.39, 0.29) is 0 Å². The molecule has 0 radical (unpaired) electrons. The fraction of sp³-hybridized carbons (Fsp3) is 0.200. The Morgan fingerprint density at radius 1 is 1.57 bits per heavy atom. The Morgan fingerprint density at radius 2 is 2.29 bits per heavy atom. The molecule has 4 nitrogen and oxygen atoms in total. The van der Waals surface area contributed by atoms with E-state index < -0.39 is 12.6 Å². The number of hydrogen-bond donors (Lipinski definition) is 1. The summed E-state index contributed by atoms with van der Waals surface area (Å²) >= 11 is 0. The zero-order valence-electron chi connectivity index (χ0n) is 7.80. The second-order valence-electron chi connectivity index (χ2n) is 2.76. The first-order valence-corrected chi connectivity index (χ1v) is 4.13. The highest BCUT2D eigenvalue weighted by Gasteiger charge is 1.94. The molecule has 0 saturated heterocycles. The molecule has 0 heterocycles. The summed E-state index contributed by atoms with van der Waals surface area (Å²) in [6.45, 7) is 1.53. The third-order valence-electron chi connectivity index (χ3n) is 1.64. The highest BCUT2D eigenvalue weighted by Crippen LogP contribution is 2.03. The lowest BCUT2D eigenvalue weighted by atomic mass is 10.1. The van der Waals surface area contributed by atoms with E-state index in [1.165, 1.54) is 6.21 Å². The summed E-state index contributed by atoms with van der Waals surface area (Å²) < 4.78 is 0. The van der Waals surface area contributed by atoms with Crippen molar-refractivity contribution in [2.45, 2.75) is 6.92 Å². The first-order valence-electron chi connectivity index (χ1n) is 4.13. The van der Waals surface area contributed by atoms with Crippen LogP contribution in [-0.4, -0.2) is 23.9 Å². The topological polar surface area (TPSA) is 58.9 Å². The average Bonchev–Trinajstić information content (AvgIpc) is 2.15. The maximum atomic E-state index is 10.1. The van der Waals surface area contributed by atoms with Gasteiger partial charge in [-0.3, -0.25) is 0 Å². The van der Waals surface area contributed by atoms with E-state index in [1.807, 2.05) is 31.2 Å². The van der Waals surface area contributed by atoms with Crippen molar-refractivity contribution in [2.75, 3.05) is 6.61 Å². The van der Waals surface area contributed by atoms with Crippen LogP contribution < -0.4 is 0 Å². The minimum atomic E-state index is -1.04. The van der Waals surface area contributed by atoms with Crippen LogP contribution in [0.15, 0.2) is 29.4 Å². The van der Waals surface area contributed by atoms with Gasteiger partial charge in [-0.1, -0.05) is 29.4 Å². The maximum Gasteiger partial charge on any atom is 0.344 e. The Morgan fingerprint density at radius 3 is 2.93 bits per heavy atom. The number of carboxylic acids is 1. The van der Waals surface area contributed by atoms with Gasteiger partial charge >= 0.3 is 5.97 Å². The van der Waals surface area contributed by atoms with Crippen molar-refractivity contribution in [3.63, 3.8) is 0 Å². The van der Waals surface area contributed by atoms with E-state index in [0.29, 0.717) is 0 Å². The average molecular weight is 193 g/mol. The maximum absolute atomic E-state index is 10.1. The molecule has 0 aliphatic rings. The van der Waals surface area contributed by atoms with Crippen LogP contribution in [0.2, 0.25) is 0 Å². The van der Waals surface area contributed by atoms with Crippen LogP contribution in [0, 0.1) is 6.92 Å². The highest BCUT2D eigenvalue weighted by molar-refractivity contribution is 5.81. The molecule has 1 N–H and O–H groups in total. The van der Waals surface area contributed by atoms with Gasteiger partial charge in [-0.25, -0.2) is 4.79 Å². The van der Waals surface area contributed by atoms with Gasteiger partial charge < -0.3 is 9.94 Å². The minimum absolute atomic E-state index is 0.414. The van der Waals surface area contributed by atoms with Crippen molar-refractivity contribution >= 4 is 12.2 Å². The van der Waals surface area contributed by atoms with Gasteiger partial charge in [0, 0.05) is 0 Å². The zero-order valence-corrected chi connectivity index (χ0v) is 7.80. The Kier molecular flexibility index (Phi) is 3.67. The number of hydrogen-bond acceptors (Lipinski definition) is 3. The van der Waals surface area contributed by atoms with Gasteiger partial charge in [-0.05, 0) is 18.1 Å². The Balaban J connectivity index is 2.52. The molecule has 0 saturated carbocycles. The van der Waals surface area contributed by atoms with Crippen LogP contribution in [0.25, 0.3) is 0 Å². The van der Waals surface area contributed by atoms with Gasteiger partial charge in [0.2, 0.25) is 6.61 Å². The molecule has 0 amide bonds. The molecule has 14 heavy (non-hydrogen) atoms. The molecule has 0 bridgehead atoms. The van der Waals surface area contributed by atoms with Crippen LogP contribution in [0.4, 0.5) is 0 Å². The highest BCUT2D eigenvalue weighted by atomic mass is 16.6. The number of aliphatic carboxylic acids is 1. The van der Waals surface area contributed by atoms with Gasteiger partial charge in [0.05, 0.1) is 6.21 Å². The van der Waals surface area contributed by atoms with E-state index in [9.17, 15) is 4.79 Å². The van der Waals surface area contributed by atoms with E-state index in [4.69, 9.17) is 5.11 Å². The van der Waals surface area contributed by atoms with E-state index >= 15 is 0 Å². The fourth-order valence-corrected chi connectivity index (χ4v) is 0.918. The molecular weight excluding hydrogens is 182 g/mol. The lowest BCUT2D eigenvalue weighted by molar-refractivity contribution is -0.142. The van der Waals surface area contributed by atoms with Crippen molar-refractivity contribution in [3.8, 4) is 0 Å². The monoisotopic (exact) mass is 193 g/mol. The molecule has 74 valence electrons. The van der Waals surface area contributed by atoms with Gasteiger partial charge in [-0.15, -0.1) is 0 Å². The molecule has 0 aromatic heterocycles. The number of aryl methyl sites for hydroxylation is 1. The molecule has 0 fully saturated rings. The second-order valence-corrected chi connectivity index (χ2v) is 2.76. The molecule has 0 spiro atoms. The quantitative estimate of drug-likeness (QED) is 0.581. The molecule has 1 aromatic carbocycles. The van der Waals surface area contributed by atoms with Crippen molar-refractivity contribution < 1.29 is 14.7 Å². The summed E-state index contributed by atoms with van der Waals surface area (Å²) in [6, 6.07) is 7.62. The van der Waals surface area contributed by atoms with Crippen molar-refractivity contribution in [2.24, 2.45) is 5.16 Å². The van der Waals surface area contributed by atoms with Crippen molar-refractivity contribution in [1.29, 1.82) is 0 Å². The first kappa shape index (κ1) is 10.2. The minimum Gasteiger partial charge on any atom is -0.479 e. The first-order chi connectivity index (χ1) is 6.70. The Bertz CT molecular complexity index is 347. The molecule has 0 atom stereocenters. The molecule has 0 aliphatic heterocycles. The van der Waals surface area contributed by atoms with Crippen molar-refractivity contribution in [1.82, 2.24) is 0 Å². The Labute approximate surface area is 81.8 Å². The van der Waals surface area contributed by atoms with Gasteiger partial charge in [0.1, 0.15) is 0 Å². The standard InChI is InChI=1S/C10H11NO3/c1-8-4-2-3-5-9(8)6-11-14-7-10(12)13/h2-6H,7H2,1H3,(H,12,13)/b11-6+. The number of rotatable bonds is 4. The van der Waals surface area contributed by atoms with E-state index in [2.05, 4.69) is 9.99 Å². The van der Waals surface area contributed by atoms with Crippen LogP contribution in [-0.2, 0) is 9.63 Å². The molecule has 1 aromatic rings. The predicted molar refractivity (Wildman–Crippen MR) is 52.4 cm³/mol. The van der Waals surface area contributed by atoms with Gasteiger partial charge in [0.15, 0.2) is 0 Å². The summed E-state index contributed by atoms with van der Waals surface area (Å²) in [4.78, 5) is 14.6. The smallest absolute Gasteiger partial charge is 0.344 e. The summed E-state index contributed by atoms with van der Waals surface area (Å²) in [5, 5.41) is 11.8. The number of benzene rings is 1. The third-order valence-corrected chi connectivity index (χ3v) is 1.64. The number of carboxylic acid groups (broad SMARTS) is 1. The lowest BCUT2D eigenvalue weighted by Crippen LogP contribution is -2.03. The molecular formula is C10H11NO3. The van der Waals surface area contributed by atoms with Gasteiger partial charge in [0.25, 0.3) is 0 Å². The molecule has 0 aliphatic carbocycles. The third kappa shape index (κ3) is 3.26. The number of nitrogens with zero attached hydrogens (tertiary/aromatic N) is 1. The normalized spacial score (nSPS) is 10.4. The summed E-state index contributed by atoms with van der Waals surface area (Å²) in [7, 11) is 0. The largest absolute Gasteiger partial charge is 0.479 e.